The molecule has 0 saturated carbocycles. The maximum Gasteiger partial charge on any atom is 0.320 e. The number of nitrogens with one attached hydrogen (secondary N) is 2. The molecule has 8 nitrogen and oxygen atoms in total. The maximum absolute atomic E-state index is 13.0. The van der Waals surface area contributed by atoms with Crippen LogP contribution in [0.4, 0.5) is 0 Å². The van der Waals surface area contributed by atoms with Crippen LogP contribution in [0.25, 0.3) is 22.5 Å². The first kappa shape index (κ1) is 34.3. The molecular weight excluding hydrogens is 576 g/mol. The van der Waals surface area contributed by atoms with Crippen molar-refractivity contribution in [3.8, 4) is 28.3 Å². The summed E-state index contributed by atoms with van der Waals surface area (Å²) in [6, 6.07) is 22.4. The van der Waals surface area contributed by atoms with Crippen LogP contribution < -0.4 is 15.4 Å². The molecular formula is C38H46N4O4. The van der Waals surface area contributed by atoms with Gasteiger partial charge < -0.3 is 20.5 Å². The number of carbonyl (C=O) groups excluding carboxylic acids is 1. The van der Waals surface area contributed by atoms with Gasteiger partial charge in [-0.05, 0) is 67.1 Å². The predicted molar refractivity (Wildman–Crippen MR) is 183 cm³/mol. The number of hydrogen-bond donors (Lipinski definition) is 3. The molecule has 1 heterocycles. The van der Waals surface area contributed by atoms with Crippen LogP contribution in [0.1, 0.15) is 74.4 Å². The molecule has 4 aromatic rings. The third kappa shape index (κ3) is 10.5. The van der Waals surface area contributed by atoms with Gasteiger partial charge in [0.1, 0.15) is 11.8 Å². The SMILES string of the molecule is CCCCCCCOc1ccc(-c2cnc(-c3ccc(C[C@@H](CN[C@H](C)C(=O)O)NC(=O)c4ccc(CC)cc4)cc3)nc2)cc1. The molecule has 3 N–H and O–H groups in total. The summed E-state index contributed by atoms with van der Waals surface area (Å²) in [7, 11) is 0. The van der Waals surface area contributed by atoms with Crippen molar-refractivity contribution in [1.82, 2.24) is 20.6 Å². The van der Waals surface area contributed by atoms with Crippen LogP contribution in [-0.2, 0) is 17.6 Å². The Morgan fingerprint density at radius 2 is 1.41 bits per heavy atom. The molecule has 0 saturated heterocycles. The van der Waals surface area contributed by atoms with Crippen LogP contribution in [0.15, 0.2) is 85.2 Å². The number of benzene rings is 3. The van der Waals surface area contributed by atoms with Gasteiger partial charge in [0, 0.05) is 41.7 Å². The minimum Gasteiger partial charge on any atom is -0.494 e. The molecule has 0 aliphatic carbocycles. The van der Waals surface area contributed by atoms with Crippen molar-refractivity contribution in [2.45, 2.75) is 77.8 Å². The Morgan fingerprint density at radius 3 is 2.04 bits per heavy atom. The molecule has 3 aromatic carbocycles. The standard InChI is InChI=1S/C38H46N4O4/c1-4-6-7-8-9-22-46-35-20-18-30(19-21-35)33-24-40-36(41-25-33)31-14-12-29(13-15-31)23-34(26-39-27(3)38(44)45)42-37(43)32-16-10-28(5-2)11-17-32/h10-21,24-25,27,34,39H,4-9,22-23,26H2,1-3H3,(H,42,43)(H,44,45)/t27-,34+/m1/s1. The molecule has 46 heavy (non-hydrogen) atoms. The highest BCUT2D eigenvalue weighted by atomic mass is 16.5. The third-order valence-corrected chi connectivity index (χ3v) is 8.05. The monoisotopic (exact) mass is 622 g/mol. The fraction of sp³-hybridized carbons (Fsp3) is 0.368. The van der Waals surface area contributed by atoms with E-state index in [9.17, 15) is 14.7 Å². The van der Waals surface area contributed by atoms with Crippen LogP contribution in [0, 0.1) is 0 Å². The number of carbonyl (C=O) groups is 2. The zero-order chi connectivity index (χ0) is 32.7. The molecule has 8 heteroatoms. The fourth-order valence-corrected chi connectivity index (χ4v) is 5.08. The number of aliphatic carboxylic acids is 1. The van der Waals surface area contributed by atoms with Gasteiger partial charge in [0.05, 0.1) is 6.61 Å². The molecule has 0 aliphatic heterocycles. The summed E-state index contributed by atoms with van der Waals surface area (Å²) in [6.45, 7) is 6.93. The Hall–Kier alpha value is -4.56. The second-order valence-electron chi connectivity index (χ2n) is 11.7. The Bertz CT molecular complexity index is 1500. The molecule has 0 aliphatic rings. The van der Waals surface area contributed by atoms with Crippen molar-refractivity contribution in [3.63, 3.8) is 0 Å². The molecule has 0 unspecified atom stereocenters. The van der Waals surface area contributed by atoms with Crippen LogP contribution in [0.3, 0.4) is 0 Å². The van der Waals surface area contributed by atoms with Crippen molar-refractivity contribution in [2.75, 3.05) is 13.2 Å². The molecule has 0 radical (unpaired) electrons. The Kier molecular flexibility index (Phi) is 13.3. The van der Waals surface area contributed by atoms with E-state index in [0.29, 0.717) is 24.4 Å². The quantitative estimate of drug-likeness (QED) is 0.101. The fourth-order valence-electron chi connectivity index (χ4n) is 5.08. The van der Waals surface area contributed by atoms with Gasteiger partial charge in [0.15, 0.2) is 5.82 Å². The average Bonchev–Trinajstić information content (AvgIpc) is 3.09. The number of ether oxygens (including phenoxy) is 1. The first-order chi connectivity index (χ1) is 22.4. The molecule has 242 valence electrons. The molecule has 0 fully saturated rings. The second-order valence-corrected chi connectivity index (χ2v) is 11.7. The number of unbranched alkanes of at least 4 members (excludes halogenated alkanes) is 4. The Balaban J connectivity index is 1.35. The predicted octanol–water partition coefficient (Wildman–Crippen LogP) is 7.13. The smallest absolute Gasteiger partial charge is 0.320 e. The average molecular weight is 623 g/mol. The third-order valence-electron chi connectivity index (χ3n) is 8.05. The highest BCUT2D eigenvalue weighted by molar-refractivity contribution is 5.94. The number of aromatic nitrogens is 2. The lowest BCUT2D eigenvalue weighted by molar-refractivity contribution is -0.139. The van der Waals surface area contributed by atoms with Gasteiger partial charge in [-0.1, -0.05) is 88.1 Å². The van der Waals surface area contributed by atoms with Crippen LogP contribution in [0.5, 0.6) is 5.75 Å². The van der Waals surface area contributed by atoms with Gasteiger partial charge >= 0.3 is 5.97 Å². The van der Waals surface area contributed by atoms with Gasteiger partial charge in [-0.25, -0.2) is 9.97 Å². The van der Waals surface area contributed by atoms with E-state index in [2.05, 4.69) is 34.4 Å². The summed E-state index contributed by atoms with van der Waals surface area (Å²) in [5.74, 6) is 0.361. The molecule has 0 spiro atoms. The summed E-state index contributed by atoms with van der Waals surface area (Å²) < 4.78 is 5.89. The summed E-state index contributed by atoms with van der Waals surface area (Å²) in [4.78, 5) is 33.6. The van der Waals surface area contributed by atoms with Crippen LogP contribution in [0.2, 0.25) is 0 Å². The van der Waals surface area contributed by atoms with E-state index in [0.717, 1.165) is 53.0 Å². The summed E-state index contributed by atoms with van der Waals surface area (Å²) >= 11 is 0. The van der Waals surface area contributed by atoms with E-state index in [4.69, 9.17) is 4.74 Å². The molecule has 2 atom stereocenters. The summed E-state index contributed by atoms with van der Waals surface area (Å²) in [6.07, 6.45) is 11.2. The zero-order valence-electron chi connectivity index (χ0n) is 27.2. The molecule has 4 rings (SSSR count). The first-order valence-electron chi connectivity index (χ1n) is 16.4. The largest absolute Gasteiger partial charge is 0.494 e. The van der Waals surface area contributed by atoms with E-state index in [1.165, 1.54) is 25.7 Å². The number of amides is 1. The zero-order valence-corrected chi connectivity index (χ0v) is 27.2. The number of aryl methyl sites for hydroxylation is 1. The molecule has 1 aromatic heterocycles. The van der Waals surface area contributed by atoms with E-state index in [1.807, 2.05) is 85.2 Å². The van der Waals surface area contributed by atoms with Crippen LogP contribution >= 0.6 is 0 Å². The number of carboxylic acid groups (broad SMARTS) is 1. The van der Waals surface area contributed by atoms with Gasteiger partial charge in [0.25, 0.3) is 5.91 Å². The van der Waals surface area contributed by atoms with E-state index < -0.39 is 12.0 Å². The number of carboxylic acids is 1. The number of hydrogen-bond acceptors (Lipinski definition) is 6. The highest BCUT2D eigenvalue weighted by Crippen LogP contribution is 2.24. The van der Waals surface area contributed by atoms with Gasteiger partial charge in [-0.15, -0.1) is 0 Å². The first-order valence-corrected chi connectivity index (χ1v) is 16.4. The number of rotatable bonds is 18. The van der Waals surface area contributed by atoms with Crippen molar-refractivity contribution < 1.29 is 19.4 Å². The van der Waals surface area contributed by atoms with Crippen molar-refractivity contribution >= 4 is 11.9 Å². The van der Waals surface area contributed by atoms with Crippen molar-refractivity contribution in [2.24, 2.45) is 0 Å². The van der Waals surface area contributed by atoms with Crippen molar-refractivity contribution in [3.05, 3.63) is 102 Å². The summed E-state index contributed by atoms with van der Waals surface area (Å²) in [5, 5.41) is 15.4. The minimum absolute atomic E-state index is 0.192. The molecule has 1 amide bonds. The highest BCUT2D eigenvalue weighted by Gasteiger charge is 2.18. The Morgan fingerprint density at radius 1 is 0.783 bits per heavy atom. The van der Waals surface area contributed by atoms with E-state index in [-0.39, 0.29) is 11.9 Å². The lowest BCUT2D eigenvalue weighted by Gasteiger charge is -2.21. The second kappa shape index (κ2) is 17.8. The Labute approximate surface area is 272 Å². The lowest BCUT2D eigenvalue weighted by atomic mass is 10.0. The minimum atomic E-state index is -0.940. The topological polar surface area (TPSA) is 113 Å². The summed E-state index contributed by atoms with van der Waals surface area (Å²) in [5.41, 5.74) is 5.57. The normalized spacial score (nSPS) is 12.3. The van der Waals surface area contributed by atoms with Crippen molar-refractivity contribution in [1.29, 1.82) is 0 Å². The van der Waals surface area contributed by atoms with Gasteiger partial charge in [-0.3, -0.25) is 9.59 Å². The van der Waals surface area contributed by atoms with E-state index >= 15 is 0 Å². The van der Waals surface area contributed by atoms with Gasteiger partial charge in [-0.2, -0.15) is 0 Å². The van der Waals surface area contributed by atoms with E-state index in [1.54, 1.807) is 6.92 Å². The van der Waals surface area contributed by atoms with Gasteiger partial charge in [0.2, 0.25) is 0 Å². The lowest BCUT2D eigenvalue weighted by Crippen LogP contribution is -2.47. The number of nitrogens with zero attached hydrogens (tertiary/aromatic N) is 2. The molecule has 0 bridgehead atoms. The van der Waals surface area contributed by atoms with Crippen LogP contribution in [-0.4, -0.2) is 52.2 Å². The maximum atomic E-state index is 13.0.